The van der Waals surface area contributed by atoms with Crippen molar-refractivity contribution in [2.24, 2.45) is 0 Å². The third-order valence-electron chi connectivity index (χ3n) is 5.66. The Balaban J connectivity index is 1.24. The van der Waals surface area contributed by atoms with Gasteiger partial charge in [-0.3, -0.25) is 19.6 Å². The molecule has 2 amide bonds. The lowest BCUT2D eigenvalue weighted by atomic mass is 10.1. The summed E-state index contributed by atoms with van der Waals surface area (Å²) in [5, 5.41) is 11.1. The molecule has 2 N–H and O–H groups in total. The number of aromatic nitrogens is 2. The van der Waals surface area contributed by atoms with Crippen LogP contribution in [0, 0.1) is 0 Å². The number of amides is 2. The van der Waals surface area contributed by atoms with Crippen LogP contribution in [0.1, 0.15) is 35.4 Å². The monoisotopic (exact) mass is 405 g/mol. The molecule has 3 aromatic rings. The summed E-state index contributed by atoms with van der Waals surface area (Å²) in [5.74, 6) is 0.00869. The Bertz CT molecular complexity index is 1010. The molecule has 0 spiro atoms. The van der Waals surface area contributed by atoms with E-state index in [0.717, 1.165) is 29.6 Å². The third-order valence-corrected chi connectivity index (χ3v) is 5.66. The van der Waals surface area contributed by atoms with E-state index >= 15 is 0 Å². The SMILES string of the molecule is CC(NC(=O)CCN1CCN(C(=O)c2n[nH]c3ccccc23)CC1)c1ccccc1. The molecule has 156 valence electrons. The van der Waals surface area contributed by atoms with Gasteiger partial charge in [-0.15, -0.1) is 0 Å². The van der Waals surface area contributed by atoms with E-state index in [1.165, 1.54) is 0 Å². The highest BCUT2D eigenvalue weighted by Gasteiger charge is 2.25. The lowest BCUT2D eigenvalue weighted by Gasteiger charge is -2.34. The molecular formula is C23H27N5O2. The predicted octanol–water partition coefficient (Wildman–Crippen LogP) is 2.59. The maximum absolute atomic E-state index is 12.9. The fraction of sp³-hybridized carbons (Fsp3) is 0.348. The molecule has 4 rings (SSSR count). The molecule has 0 radical (unpaired) electrons. The first kappa shape index (κ1) is 20.1. The lowest BCUT2D eigenvalue weighted by Crippen LogP contribution is -2.49. The lowest BCUT2D eigenvalue weighted by molar-refractivity contribution is -0.122. The minimum Gasteiger partial charge on any atom is -0.350 e. The highest BCUT2D eigenvalue weighted by Crippen LogP contribution is 2.18. The molecule has 2 aromatic carbocycles. The van der Waals surface area contributed by atoms with Crippen molar-refractivity contribution >= 4 is 22.7 Å². The van der Waals surface area contributed by atoms with Gasteiger partial charge in [-0.2, -0.15) is 5.10 Å². The van der Waals surface area contributed by atoms with Crippen LogP contribution in [0.5, 0.6) is 0 Å². The van der Waals surface area contributed by atoms with E-state index in [0.29, 0.717) is 31.7 Å². The maximum atomic E-state index is 12.9. The van der Waals surface area contributed by atoms with Gasteiger partial charge >= 0.3 is 0 Å². The van der Waals surface area contributed by atoms with Crippen molar-refractivity contribution in [2.45, 2.75) is 19.4 Å². The molecule has 1 fully saturated rings. The van der Waals surface area contributed by atoms with E-state index in [9.17, 15) is 9.59 Å². The molecule has 0 saturated carbocycles. The first-order valence-electron chi connectivity index (χ1n) is 10.4. The highest BCUT2D eigenvalue weighted by molar-refractivity contribution is 6.04. The summed E-state index contributed by atoms with van der Waals surface area (Å²) in [6.07, 6.45) is 0.453. The quantitative estimate of drug-likeness (QED) is 0.661. The van der Waals surface area contributed by atoms with Crippen molar-refractivity contribution in [1.82, 2.24) is 25.3 Å². The summed E-state index contributed by atoms with van der Waals surface area (Å²) >= 11 is 0. The number of para-hydroxylation sites is 1. The number of nitrogens with one attached hydrogen (secondary N) is 2. The zero-order valence-corrected chi connectivity index (χ0v) is 17.2. The van der Waals surface area contributed by atoms with E-state index in [4.69, 9.17) is 0 Å². The normalized spacial score (nSPS) is 15.8. The maximum Gasteiger partial charge on any atom is 0.275 e. The number of rotatable bonds is 6. The second kappa shape index (κ2) is 9.09. The standard InChI is InChI=1S/C23H27N5O2/c1-17(18-7-3-2-4-8-18)24-21(29)11-12-27-13-15-28(16-14-27)23(30)22-19-9-5-6-10-20(19)25-26-22/h2-10,17H,11-16H2,1H3,(H,24,29)(H,25,26). The number of aromatic amines is 1. The number of H-pyrrole nitrogens is 1. The van der Waals surface area contributed by atoms with Crippen LogP contribution in [0.3, 0.4) is 0 Å². The fourth-order valence-electron chi connectivity index (χ4n) is 3.85. The molecule has 7 heteroatoms. The number of fused-ring (bicyclic) bond motifs is 1. The molecule has 0 aliphatic carbocycles. The zero-order chi connectivity index (χ0) is 20.9. The summed E-state index contributed by atoms with van der Waals surface area (Å²) < 4.78 is 0. The third kappa shape index (κ3) is 4.52. The first-order valence-corrected chi connectivity index (χ1v) is 10.4. The average molecular weight is 406 g/mol. The van der Waals surface area contributed by atoms with Gasteiger partial charge in [-0.25, -0.2) is 0 Å². The van der Waals surface area contributed by atoms with Crippen LogP contribution in [0.15, 0.2) is 54.6 Å². The summed E-state index contributed by atoms with van der Waals surface area (Å²) in [7, 11) is 0. The Kier molecular flexibility index (Phi) is 6.09. The van der Waals surface area contributed by atoms with Gasteiger partial charge < -0.3 is 10.2 Å². The molecule has 30 heavy (non-hydrogen) atoms. The van der Waals surface area contributed by atoms with Gasteiger partial charge in [0.15, 0.2) is 5.69 Å². The number of benzene rings is 2. The number of carbonyl (C=O) groups excluding carboxylic acids is 2. The van der Waals surface area contributed by atoms with Gasteiger partial charge in [0.25, 0.3) is 5.91 Å². The Hall–Kier alpha value is -3.19. The predicted molar refractivity (Wildman–Crippen MR) is 116 cm³/mol. The van der Waals surface area contributed by atoms with E-state index in [1.807, 2.05) is 66.4 Å². The van der Waals surface area contributed by atoms with Gasteiger partial charge in [0, 0.05) is 44.5 Å². The molecular weight excluding hydrogens is 378 g/mol. The molecule has 1 aromatic heterocycles. The summed E-state index contributed by atoms with van der Waals surface area (Å²) in [6.45, 7) is 5.49. The summed E-state index contributed by atoms with van der Waals surface area (Å²) in [5.41, 5.74) is 2.45. The topological polar surface area (TPSA) is 81.3 Å². The number of hydrogen-bond acceptors (Lipinski definition) is 4. The zero-order valence-electron chi connectivity index (χ0n) is 17.2. The van der Waals surface area contributed by atoms with Gasteiger partial charge in [-0.05, 0) is 18.6 Å². The van der Waals surface area contributed by atoms with Crippen molar-refractivity contribution < 1.29 is 9.59 Å². The minimum absolute atomic E-state index is 0.00292. The molecule has 1 atom stereocenters. The van der Waals surface area contributed by atoms with Crippen molar-refractivity contribution in [3.8, 4) is 0 Å². The van der Waals surface area contributed by atoms with E-state index in [1.54, 1.807) is 0 Å². The van der Waals surface area contributed by atoms with Gasteiger partial charge in [0.1, 0.15) is 0 Å². The fourth-order valence-corrected chi connectivity index (χ4v) is 3.85. The summed E-state index contributed by atoms with van der Waals surface area (Å²) in [6, 6.07) is 17.6. The first-order chi connectivity index (χ1) is 14.6. The van der Waals surface area contributed by atoms with Crippen molar-refractivity contribution in [2.75, 3.05) is 32.7 Å². The Labute approximate surface area is 176 Å². The Morgan fingerprint density at radius 1 is 1.03 bits per heavy atom. The average Bonchev–Trinajstić information content (AvgIpc) is 3.22. The van der Waals surface area contributed by atoms with Gasteiger partial charge in [-0.1, -0.05) is 48.5 Å². The molecule has 7 nitrogen and oxygen atoms in total. The largest absolute Gasteiger partial charge is 0.350 e. The van der Waals surface area contributed by atoms with Crippen molar-refractivity contribution in [3.63, 3.8) is 0 Å². The molecule has 2 heterocycles. The van der Waals surface area contributed by atoms with Crippen LogP contribution in [-0.2, 0) is 4.79 Å². The summed E-state index contributed by atoms with van der Waals surface area (Å²) in [4.78, 5) is 29.3. The molecule has 1 unspecified atom stereocenters. The number of hydrogen-bond donors (Lipinski definition) is 2. The van der Waals surface area contributed by atoms with Crippen LogP contribution < -0.4 is 5.32 Å². The van der Waals surface area contributed by atoms with E-state index in [-0.39, 0.29) is 17.9 Å². The van der Waals surface area contributed by atoms with E-state index < -0.39 is 0 Å². The second-order valence-electron chi connectivity index (χ2n) is 7.70. The number of piperazine rings is 1. The van der Waals surface area contributed by atoms with Crippen molar-refractivity contribution in [1.29, 1.82) is 0 Å². The van der Waals surface area contributed by atoms with Gasteiger partial charge in [0.2, 0.25) is 5.91 Å². The van der Waals surface area contributed by atoms with Crippen LogP contribution in [0.4, 0.5) is 0 Å². The van der Waals surface area contributed by atoms with Crippen LogP contribution in [0.25, 0.3) is 10.9 Å². The molecule has 1 saturated heterocycles. The molecule has 1 aliphatic rings. The van der Waals surface area contributed by atoms with Crippen molar-refractivity contribution in [3.05, 3.63) is 65.9 Å². The van der Waals surface area contributed by atoms with Crippen LogP contribution in [0.2, 0.25) is 0 Å². The van der Waals surface area contributed by atoms with Crippen LogP contribution >= 0.6 is 0 Å². The number of nitrogens with zero attached hydrogens (tertiary/aromatic N) is 3. The van der Waals surface area contributed by atoms with Gasteiger partial charge in [0.05, 0.1) is 11.6 Å². The van der Waals surface area contributed by atoms with E-state index in [2.05, 4.69) is 20.4 Å². The van der Waals surface area contributed by atoms with Crippen LogP contribution in [-0.4, -0.2) is 64.5 Å². The Morgan fingerprint density at radius 2 is 1.73 bits per heavy atom. The smallest absolute Gasteiger partial charge is 0.275 e. The molecule has 1 aliphatic heterocycles. The Morgan fingerprint density at radius 3 is 2.50 bits per heavy atom. The number of carbonyl (C=O) groups is 2. The highest BCUT2D eigenvalue weighted by atomic mass is 16.2. The molecule has 0 bridgehead atoms. The second-order valence-corrected chi connectivity index (χ2v) is 7.70. The minimum atomic E-state index is -0.0403.